The molecule has 0 bridgehead atoms. The van der Waals surface area contributed by atoms with Crippen LogP contribution in [-0.4, -0.2) is 10.9 Å². The van der Waals surface area contributed by atoms with Gasteiger partial charge >= 0.3 is 0 Å². The zero-order chi connectivity index (χ0) is 14.7. The smallest absolute Gasteiger partial charge is 0.255 e. The van der Waals surface area contributed by atoms with Crippen LogP contribution in [0.15, 0.2) is 34.9 Å². The van der Waals surface area contributed by atoms with Crippen molar-refractivity contribution in [1.29, 1.82) is 0 Å². The Morgan fingerprint density at radius 1 is 1.45 bits per heavy atom. The van der Waals surface area contributed by atoms with Crippen LogP contribution in [-0.2, 0) is 6.54 Å². The average molecular weight is 292 g/mol. The van der Waals surface area contributed by atoms with Gasteiger partial charge in [0.1, 0.15) is 16.6 Å². The number of furan rings is 1. The van der Waals surface area contributed by atoms with Crippen LogP contribution in [0, 0.1) is 12.7 Å². The molecular formula is C14H13FN2O2S. The summed E-state index contributed by atoms with van der Waals surface area (Å²) >= 11 is 4.77. The Balaban J connectivity index is 2.06. The maximum Gasteiger partial charge on any atom is 0.255 e. The Morgan fingerprint density at radius 2 is 2.20 bits per heavy atom. The molecule has 0 unspecified atom stereocenters. The van der Waals surface area contributed by atoms with E-state index in [4.69, 9.17) is 22.4 Å². The molecule has 6 heteroatoms. The molecule has 0 fully saturated rings. The highest BCUT2D eigenvalue weighted by atomic mass is 32.1. The topological polar surface area (TPSA) is 68.3 Å². The van der Waals surface area contributed by atoms with Crippen molar-refractivity contribution in [1.82, 2.24) is 5.32 Å². The molecule has 104 valence electrons. The lowest BCUT2D eigenvalue weighted by Gasteiger charge is -2.07. The van der Waals surface area contributed by atoms with Crippen molar-refractivity contribution in [3.63, 3.8) is 0 Å². The van der Waals surface area contributed by atoms with Crippen LogP contribution in [0.5, 0.6) is 0 Å². The summed E-state index contributed by atoms with van der Waals surface area (Å²) in [4.78, 5) is 12.0. The van der Waals surface area contributed by atoms with E-state index in [2.05, 4.69) is 5.32 Å². The zero-order valence-electron chi connectivity index (χ0n) is 10.8. The second kappa shape index (κ2) is 5.83. The number of benzene rings is 1. The third-order valence-electron chi connectivity index (χ3n) is 2.88. The third-order valence-corrected chi connectivity index (χ3v) is 3.12. The first kappa shape index (κ1) is 14.2. The second-order valence-corrected chi connectivity index (χ2v) is 4.68. The van der Waals surface area contributed by atoms with Gasteiger partial charge in [-0.2, -0.15) is 0 Å². The number of hydrogen-bond acceptors (Lipinski definition) is 3. The Labute approximate surface area is 120 Å². The summed E-state index contributed by atoms with van der Waals surface area (Å²) < 4.78 is 18.8. The summed E-state index contributed by atoms with van der Waals surface area (Å²) in [6.07, 6.45) is 1.43. The molecule has 0 atom stereocenters. The highest BCUT2D eigenvalue weighted by Gasteiger charge is 2.12. The number of amides is 1. The minimum absolute atomic E-state index is 0.0763. The molecule has 20 heavy (non-hydrogen) atoms. The van der Waals surface area contributed by atoms with Crippen molar-refractivity contribution < 1.29 is 13.6 Å². The van der Waals surface area contributed by atoms with E-state index in [0.717, 1.165) is 0 Å². The lowest BCUT2D eigenvalue weighted by molar-refractivity contribution is 0.0949. The SMILES string of the molecule is Cc1occc1C(=O)NCc1ccc(C(N)=S)cc1F. The van der Waals surface area contributed by atoms with E-state index in [0.29, 0.717) is 22.5 Å². The van der Waals surface area contributed by atoms with Crippen molar-refractivity contribution in [2.24, 2.45) is 5.73 Å². The molecular weight excluding hydrogens is 279 g/mol. The van der Waals surface area contributed by atoms with Gasteiger partial charge in [-0.15, -0.1) is 0 Å². The number of rotatable bonds is 4. The first-order valence-corrected chi connectivity index (χ1v) is 6.30. The standard InChI is InChI=1S/C14H13FN2O2S/c1-8-11(4-5-19-8)14(18)17-7-10-3-2-9(13(16)20)6-12(10)15/h2-6H,7H2,1H3,(H2,16,20)(H,17,18). The van der Waals surface area contributed by atoms with E-state index in [1.165, 1.54) is 12.3 Å². The molecule has 0 saturated carbocycles. The molecule has 0 aliphatic heterocycles. The molecule has 4 nitrogen and oxygen atoms in total. The molecule has 0 saturated heterocycles. The largest absolute Gasteiger partial charge is 0.469 e. The maximum atomic E-state index is 13.8. The lowest BCUT2D eigenvalue weighted by Crippen LogP contribution is -2.23. The van der Waals surface area contributed by atoms with E-state index in [-0.39, 0.29) is 17.4 Å². The van der Waals surface area contributed by atoms with E-state index in [9.17, 15) is 9.18 Å². The lowest BCUT2D eigenvalue weighted by atomic mass is 10.1. The molecule has 1 aromatic heterocycles. The molecule has 1 aromatic carbocycles. The number of carbonyl (C=O) groups is 1. The van der Waals surface area contributed by atoms with E-state index in [1.807, 2.05) is 0 Å². The average Bonchev–Trinajstić information content (AvgIpc) is 2.83. The minimum atomic E-state index is -0.459. The summed E-state index contributed by atoms with van der Waals surface area (Å²) in [6, 6.07) is 5.99. The van der Waals surface area contributed by atoms with Crippen LogP contribution < -0.4 is 11.1 Å². The molecule has 3 N–H and O–H groups in total. The Morgan fingerprint density at radius 3 is 2.75 bits per heavy atom. The first-order chi connectivity index (χ1) is 9.49. The summed E-state index contributed by atoms with van der Waals surface area (Å²) in [6.45, 7) is 1.76. The van der Waals surface area contributed by atoms with Gasteiger partial charge in [-0.05, 0) is 19.1 Å². The van der Waals surface area contributed by atoms with Gasteiger partial charge in [0.15, 0.2) is 0 Å². The van der Waals surface area contributed by atoms with Crippen LogP contribution in [0.1, 0.15) is 27.2 Å². The van der Waals surface area contributed by atoms with Crippen LogP contribution in [0.3, 0.4) is 0 Å². The fourth-order valence-electron chi connectivity index (χ4n) is 1.74. The zero-order valence-corrected chi connectivity index (χ0v) is 11.6. The van der Waals surface area contributed by atoms with Crippen LogP contribution in [0.25, 0.3) is 0 Å². The normalized spacial score (nSPS) is 10.3. The summed E-state index contributed by atoms with van der Waals surface area (Å²) in [7, 11) is 0. The Bertz CT molecular complexity index is 667. The van der Waals surface area contributed by atoms with Crippen molar-refractivity contribution >= 4 is 23.1 Å². The van der Waals surface area contributed by atoms with E-state index >= 15 is 0 Å². The maximum absolute atomic E-state index is 13.8. The highest BCUT2D eigenvalue weighted by molar-refractivity contribution is 7.80. The molecule has 0 aliphatic rings. The van der Waals surface area contributed by atoms with Crippen molar-refractivity contribution in [2.45, 2.75) is 13.5 Å². The Hall–Kier alpha value is -2.21. The fourth-order valence-corrected chi connectivity index (χ4v) is 1.86. The molecule has 2 rings (SSSR count). The molecule has 2 aromatic rings. The van der Waals surface area contributed by atoms with Gasteiger partial charge < -0.3 is 15.5 Å². The minimum Gasteiger partial charge on any atom is -0.469 e. The van der Waals surface area contributed by atoms with Gasteiger partial charge in [-0.25, -0.2) is 4.39 Å². The third kappa shape index (κ3) is 3.03. The highest BCUT2D eigenvalue weighted by Crippen LogP contribution is 2.12. The van der Waals surface area contributed by atoms with Crippen LogP contribution >= 0.6 is 12.2 Å². The van der Waals surface area contributed by atoms with Gasteiger partial charge in [-0.1, -0.05) is 24.4 Å². The first-order valence-electron chi connectivity index (χ1n) is 5.89. The van der Waals surface area contributed by atoms with Gasteiger partial charge in [-0.3, -0.25) is 4.79 Å². The molecule has 0 spiro atoms. The van der Waals surface area contributed by atoms with Gasteiger partial charge in [0, 0.05) is 17.7 Å². The number of carbonyl (C=O) groups excluding carboxylic acids is 1. The number of nitrogens with one attached hydrogen (secondary N) is 1. The van der Waals surface area contributed by atoms with Crippen molar-refractivity contribution in [3.8, 4) is 0 Å². The summed E-state index contributed by atoms with van der Waals surface area (Å²) in [5.41, 5.74) is 6.67. The van der Waals surface area contributed by atoms with Gasteiger partial charge in [0.25, 0.3) is 5.91 Å². The molecule has 1 amide bonds. The van der Waals surface area contributed by atoms with E-state index in [1.54, 1.807) is 25.1 Å². The number of thiocarbonyl (C=S) groups is 1. The predicted molar refractivity (Wildman–Crippen MR) is 76.9 cm³/mol. The predicted octanol–water partition coefficient (Wildman–Crippen LogP) is 2.29. The number of halogens is 1. The number of nitrogens with two attached hydrogens (primary N) is 1. The fraction of sp³-hybridized carbons (Fsp3) is 0.143. The van der Waals surface area contributed by atoms with Gasteiger partial charge in [0.2, 0.25) is 0 Å². The number of aryl methyl sites for hydroxylation is 1. The van der Waals surface area contributed by atoms with Crippen molar-refractivity contribution in [2.75, 3.05) is 0 Å². The quantitative estimate of drug-likeness (QED) is 0.848. The van der Waals surface area contributed by atoms with Crippen LogP contribution in [0.4, 0.5) is 4.39 Å². The van der Waals surface area contributed by atoms with Gasteiger partial charge in [0.05, 0.1) is 11.8 Å². The molecule has 1 heterocycles. The van der Waals surface area contributed by atoms with E-state index < -0.39 is 5.82 Å². The van der Waals surface area contributed by atoms with Crippen LogP contribution in [0.2, 0.25) is 0 Å². The Kier molecular flexibility index (Phi) is 4.14. The summed E-state index contributed by atoms with van der Waals surface area (Å²) in [5.74, 6) is -0.250. The summed E-state index contributed by atoms with van der Waals surface area (Å²) in [5, 5.41) is 2.63. The van der Waals surface area contributed by atoms with Crippen molar-refractivity contribution in [3.05, 3.63) is 58.8 Å². The molecule has 0 radical (unpaired) electrons. The second-order valence-electron chi connectivity index (χ2n) is 4.24. The monoisotopic (exact) mass is 292 g/mol. The molecule has 0 aliphatic carbocycles. The number of hydrogen-bond donors (Lipinski definition) is 2.